The second kappa shape index (κ2) is 14.0. The normalized spacial score (nSPS) is 14.8. The number of hydrogen-bond donors (Lipinski definition) is 1. The number of fused-ring (bicyclic) bond motifs is 1. The first kappa shape index (κ1) is 30.4. The first-order valence-corrected chi connectivity index (χ1v) is 15.8. The second-order valence-electron chi connectivity index (χ2n) is 11.7. The number of carbonyl (C=O) groups is 1. The monoisotopic (exact) mass is 602 g/mol. The molecule has 0 saturated carbocycles. The Morgan fingerprint density at radius 3 is 2.07 bits per heavy atom. The standard InChI is InChI=1S/C38H39FN4O2/c1-2-33(29-15-7-4-8-16-29)40-37(44)36-30-17-9-10-18-31(30)38(45)43(34-20-12-11-19-32(34)39)35(36)27-42-25-23-41(24-26-42)22-21-28-13-5-3-6-14-28/h3-20,33H,2,21-27H2,1H3,(H,40,44)/t33-/m0/s1. The number of nitrogens with zero attached hydrogens (tertiary/aromatic N) is 3. The Morgan fingerprint density at radius 1 is 0.778 bits per heavy atom. The van der Waals surface area contributed by atoms with Crippen molar-refractivity contribution >= 4 is 16.7 Å². The number of aromatic nitrogens is 1. The molecule has 1 aliphatic rings. The van der Waals surface area contributed by atoms with E-state index in [-0.39, 0.29) is 23.2 Å². The number of rotatable bonds is 10. The van der Waals surface area contributed by atoms with E-state index in [4.69, 9.17) is 0 Å². The van der Waals surface area contributed by atoms with E-state index in [1.165, 1.54) is 16.2 Å². The van der Waals surface area contributed by atoms with Crippen LogP contribution in [0.15, 0.2) is 114 Å². The number of para-hydroxylation sites is 1. The Bertz CT molecular complexity index is 1820. The number of hydrogen-bond acceptors (Lipinski definition) is 4. The van der Waals surface area contributed by atoms with Crippen molar-refractivity contribution < 1.29 is 9.18 Å². The lowest BCUT2D eigenvalue weighted by Crippen LogP contribution is -2.47. The Morgan fingerprint density at radius 2 is 1.38 bits per heavy atom. The zero-order valence-electron chi connectivity index (χ0n) is 25.7. The van der Waals surface area contributed by atoms with E-state index in [1.807, 2.05) is 55.5 Å². The summed E-state index contributed by atoms with van der Waals surface area (Å²) in [6.45, 7) is 6.64. The highest BCUT2D eigenvalue weighted by Gasteiger charge is 2.28. The second-order valence-corrected chi connectivity index (χ2v) is 11.7. The summed E-state index contributed by atoms with van der Waals surface area (Å²) in [6, 6.07) is 33.6. The highest BCUT2D eigenvalue weighted by molar-refractivity contribution is 6.08. The van der Waals surface area contributed by atoms with Gasteiger partial charge in [-0.2, -0.15) is 0 Å². The SMILES string of the molecule is CC[C@H](NC(=O)c1c(CN2CCN(CCc3ccccc3)CC2)n(-c2ccccc2F)c(=O)c2ccccc12)c1ccccc1. The van der Waals surface area contributed by atoms with Crippen molar-refractivity contribution in [3.8, 4) is 5.69 Å². The van der Waals surface area contributed by atoms with Crippen LogP contribution < -0.4 is 10.9 Å². The molecule has 45 heavy (non-hydrogen) atoms. The van der Waals surface area contributed by atoms with Gasteiger partial charge in [0.25, 0.3) is 11.5 Å². The van der Waals surface area contributed by atoms with Crippen LogP contribution in [0.5, 0.6) is 0 Å². The minimum absolute atomic E-state index is 0.147. The van der Waals surface area contributed by atoms with E-state index in [0.29, 0.717) is 35.0 Å². The molecule has 1 aliphatic heterocycles. The summed E-state index contributed by atoms with van der Waals surface area (Å²) in [7, 11) is 0. The molecule has 1 N–H and O–H groups in total. The molecule has 0 unspecified atom stereocenters. The summed E-state index contributed by atoms with van der Waals surface area (Å²) < 4.78 is 16.9. The summed E-state index contributed by atoms with van der Waals surface area (Å²) >= 11 is 0. The van der Waals surface area contributed by atoms with Crippen molar-refractivity contribution in [3.05, 3.63) is 148 Å². The van der Waals surface area contributed by atoms with E-state index in [1.54, 1.807) is 30.3 Å². The molecule has 0 spiro atoms. The molecular weight excluding hydrogens is 563 g/mol. The number of nitrogens with one attached hydrogen (secondary N) is 1. The van der Waals surface area contributed by atoms with Gasteiger partial charge in [0, 0.05) is 50.0 Å². The molecule has 5 aromatic rings. The number of amides is 1. The van der Waals surface area contributed by atoms with Gasteiger partial charge >= 0.3 is 0 Å². The minimum Gasteiger partial charge on any atom is -0.345 e. The average molecular weight is 603 g/mol. The molecular formula is C38H39FN4O2. The third-order valence-corrected chi connectivity index (χ3v) is 8.82. The van der Waals surface area contributed by atoms with Crippen LogP contribution in [0.4, 0.5) is 4.39 Å². The Balaban J connectivity index is 1.37. The zero-order valence-corrected chi connectivity index (χ0v) is 25.7. The van der Waals surface area contributed by atoms with E-state index >= 15 is 4.39 Å². The number of piperazine rings is 1. The van der Waals surface area contributed by atoms with Crippen molar-refractivity contribution in [1.29, 1.82) is 0 Å². The lowest BCUT2D eigenvalue weighted by Gasteiger charge is -2.35. The fourth-order valence-corrected chi connectivity index (χ4v) is 6.34. The van der Waals surface area contributed by atoms with Gasteiger partial charge in [0.05, 0.1) is 23.0 Å². The molecule has 6 rings (SSSR count). The largest absolute Gasteiger partial charge is 0.345 e. The fraction of sp³-hybridized carbons (Fsp3) is 0.263. The van der Waals surface area contributed by atoms with Crippen LogP contribution in [0.2, 0.25) is 0 Å². The summed E-state index contributed by atoms with van der Waals surface area (Å²) in [5.74, 6) is -0.785. The van der Waals surface area contributed by atoms with Gasteiger partial charge in [-0.1, -0.05) is 97.9 Å². The molecule has 1 fully saturated rings. The van der Waals surface area contributed by atoms with Crippen molar-refractivity contribution in [3.63, 3.8) is 0 Å². The van der Waals surface area contributed by atoms with Crippen LogP contribution in [-0.2, 0) is 13.0 Å². The van der Waals surface area contributed by atoms with Crippen LogP contribution in [0.1, 0.15) is 46.6 Å². The van der Waals surface area contributed by atoms with Gasteiger partial charge in [0.1, 0.15) is 5.82 Å². The molecule has 1 saturated heterocycles. The van der Waals surface area contributed by atoms with Crippen molar-refractivity contribution in [2.75, 3.05) is 32.7 Å². The van der Waals surface area contributed by atoms with Gasteiger partial charge in [-0.25, -0.2) is 4.39 Å². The predicted molar refractivity (Wildman–Crippen MR) is 178 cm³/mol. The molecule has 230 valence electrons. The summed E-state index contributed by atoms with van der Waals surface area (Å²) in [5.41, 5.74) is 3.05. The van der Waals surface area contributed by atoms with Crippen LogP contribution in [-0.4, -0.2) is 53.0 Å². The summed E-state index contributed by atoms with van der Waals surface area (Å²) in [5, 5.41) is 4.20. The molecule has 7 heteroatoms. The van der Waals surface area contributed by atoms with Crippen LogP contribution in [0.25, 0.3) is 16.5 Å². The Kier molecular flexibility index (Phi) is 9.48. The molecule has 1 aromatic heterocycles. The first-order valence-electron chi connectivity index (χ1n) is 15.8. The van der Waals surface area contributed by atoms with Crippen LogP contribution in [0, 0.1) is 5.82 Å². The maximum absolute atomic E-state index is 15.4. The quantitative estimate of drug-likeness (QED) is 0.202. The van der Waals surface area contributed by atoms with E-state index in [2.05, 4.69) is 39.4 Å². The van der Waals surface area contributed by atoms with Gasteiger partial charge in [-0.15, -0.1) is 0 Å². The predicted octanol–water partition coefficient (Wildman–Crippen LogP) is 6.37. The molecule has 0 bridgehead atoms. The number of benzene rings is 4. The number of pyridine rings is 1. The van der Waals surface area contributed by atoms with Gasteiger partial charge in [-0.05, 0) is 42.2 Å². The molecule has 1 amide bonds. The third kappa shape index (κ3) is 6.75. The zero-order chi connectivity index (χ0) is 31.2. The molecule has 0 radical (unpaired) electrons. The van der Waals surface area contributed by atoms with Gasteiger partial charge in [0.15, 0.2) is 0 Å². The maximum atomic E-state index is 15.4. The summed E-state index contributed by atoms with van der Waals surface area (Å²) in [4.78, 5) is 33.2. The van der Waals surface area contributed by atoms with Gasteiger partial charge < -0.3 is 10.2 Å². The Labute approximate surface area is 263 Å². The van der Waals surface area contributed by atoms with E-state index in [9.17, 15) is 9.59 Å². The highest BCUT2D eigenvalue weighted by Crippen LogP contribution is 2.27. The van der Waals surface area contributed by atoms with Gasteiger partial charge in [0.2, 0.25) is 0 Å². The van der Waals surface area contributed by atoms with Crippen molar-refractivity contribution in [1.82, 2.24) is 19.7 Å². The first-order chi connectivity index (χ1) is 22.0. The highest BCUT2D eigenvalue weighted by atomic mass is 19.1. The Hall–Kier alpha value is -4.59. The average Bonchev–Trinajstić information content (AvgIpc) is 3.08. The van der Waals surface area contributed by atoms with Crippen LogP contribution >= 0.6 is 0 Å². The fourth-order valence-electron chi connectivity index (χ4n) is 6.34. The number of halogens is 1. The molecule has 2 heterocycles. The van der Waals surface area contributed by atoms with Crippen molar-refractivity contribution in [2.45, 2.75) is 32.4 Å². The molecule has 0 aliphatic carbocycles. The van der Waals surface area contributed by atoms with E-state index < -0.39 is 5.82 Å². The lowest BCUT2D eigenvalue weighted by molar-refractivity contribution is 0.0931. The molecule has 6 nitrogen and oxygen atoms in total. The maximum Gasteiger partial charge on any atom is 0.263 e. The molecule has 4 aromatic carbocycles. The van der Waals surface area contributed by atoms with E-state index in [0.717, 1.165) is 44.7 Å². The third-order valence-electron chi connectivity index (χ3n) is 8.82. The van der Waals surface area contributed by atoms with Gasteiger partial charge in [-0.3, -0.25) is 19.1 Å². The number of carbonyl (C=O) groups excluding carboxylic acids is 1. The van der Waals surface area contributed by atoms with Crippen LogP contribution in [0.3, 0.4) is 0 Å². The lowest BCUT2D eigenvalue weighted by atomic mass is 9.99. The topological polar surface area (TPSA) is 57.6 Å². The minimum atomic E-state index is -0.510. The summed E-state index contributed by atoms with van der Waals surface area (Å²) in [6.07, 6.45) is 1.68. The van der Waals surface area contributed by atoms with Crippen molar-refractivity contribution in [2.24, 2.45) is 0 Å². The smallest absolute Gasteiger partial charge is 0.263 e. The molecule has 1 atom stereocenters.